The van der Waals surface area contributed by atoms with Gasteiger partial charge in [0.1, 0.15) is 11.5 Å². The zero-order valence-electron chi connectivity index (χ0n) is 17.1. The van der Waals surface area contributed by atoms with Crippen LogP contribution in [0.25, 0.3) is 0 Å². The van der Waals surface area contributed by atoms with Crippen molar-refractivity contribution < 1.29 is 19.1 Å². The zero-order chi connectivity index (χ0) is 22.8. The van der Waals surface area contributed by atoms with Crippen LogP contribution in [0.5, 0.6) is 11.5 Å². The molecular weight excluding hydrogens is 506 g/mol. The molecule has 2 amide bonds. The second-order valence-corrected chi connectivity index (χ2v) is 8.23. The first kappa shape index (κ1) is 24.9. The smallest absolute Gasteiger partial charge is 0.276 e. The van der Waals surface area contributed by atoms with E-state index in [0.29, 0.717) is 28.7 Å². The lowest BCUT2D eigenvalue weighted by molar-refractivity contribution is -0.123. The quantitative estimate of drug-likeness (QED) is 0.269. The number of hydrogen-bond acceptors (Lipinski definition) is 5. The topological polar surface area (TPSA) is 88.7 Å². The maximum Gasteiger partial charge on any atom is 0.276 e. The van der Waals surface area contributed by atoms with Crippen molar-refractivity contribution >= 4 is 56.7 Å². The minimum atomic E-state index is -0.477. The molecule has 0 aromatic heterocycles. The van der Waals surface area contributed by atoms with E-state index in [0.717, 1.165) is 22.9 Å². The molecule has 10 heteroatoms. The lowest BCUT2D eigenvalue weighted by Gasteiger charge is -2.14. The summed E-state index contributed by atoms with van der Waals surface area (Å²) in [5.74, 6) is 0.0218. The highest BCUT2D eigenvalue weighted by Crippen LogP contribution is 2.24. The van der Waals surface area contributed by atoms with Crippen LogP contribution in [0.1, 0.15) is 35.7 Å². The standard InChI is InChI=1S/C21H23BrClN3O4S/c1-3-4-9-29-18-8-5-14(22)11-16(18)20(28)24-21(31)26-25-19(27)12-30-15-6-7-17(23)13(2)10-15/h5-8,10-11H,3-4,9,12H2,1-2H3,(H,25,27)(H2,24,26,28,31). The zero-order valence-corrected chi connectivity index (χ0v) is 20.2. The molecule has 2 rings (SSSR count). The molecule has 0 heterocycles. The van der Waals surface area contributed by atoms with Gasteiger partial charge in [0.2, 0.25) is 0 Å². The first-order chi connectivity index (χ1) is 14.8. The van der Waals surface area contributed by atoms with Crippen LogP contribution in [-0.2, 0) is 4.79 Å². The molecule has 0 aliphatic rings. The Morgan fingerprint density at radius 2 is 1.90 bits per heavy atom. The van der Waals surface area contributed by atoms with Crippen LogP contribution >= 0.6 is 39.7 Å². The van der Waals surface area contributed by atoms with Crippen molar-refractivity contribution in [2.24, 2.45) is 0 Å². The third-order valence-corrected chi connectivity index (χ3v) is 5.10. The number of amides is 2. The monoisotopic (exact) mass is 527 g/mol. The normalized spacial score (nSPS) is 10.2. The van der Waals surface area contributed by atoms with Gasteiger partial charge in [-0.05, 0) is 67.5 Å². The fourth-order valence-corrected chi connectivity index (χ4v) is 2.97. The third-order valence-electron chi connectivity index (χ3n) is 3.98. The minimum Gasteiger partial charge on any atom is -0.493 e. The van der Waals surface area contributed by atoms with Gasteiger partial charge in [0, 0.05) is 9.50 Å². The Labute approximate surface area is 199 Å². The molecule has 0 aliphatic carbocycles. The number of unbranched alkanes of at least 4 members (excludes halogenated alkanes) is 1. The molecule has 0 aliphatic heterocycles. The average Bonchev–Trinajstić information content (AvgIpc) is 2.74. The van der Waals surface area contributed by atoms with Crippen molar-refractivity contribution in [1.29, 1.82) is 0 Å². The van der Waals surface area contributed by atoms with Crippen molar-refractivity contribution in [2.75, 3.05) is 13.2 Å². The molecule has 166 valence electrons. The number of hydrazine groups is 1. The van der Waals surface area contributed by atoms with Gasteiger partial charge in [-0.15, -0.1) is 0 Å². The molecule has 0 unspecified atom stereocenters. The lowest BCUT2D eigenvalue weighted by atomic mass is 10.2. The van der Waals surface area contributed by atoms with Crippen LogP contribution in [0.3, 0.4) is 0 Å². The fraction of sp³-hybridized carbons (Fsp3) is 0.286. The molecule has 0 atom stereocenters. The Bertz CT molecular complexity index is 958. The SMILES string of the molecule is CCCCOc1ccc(Br)cc1C(=O)NC(=S)NNC(=O)COc1ccc(Cl)c(C)c1. The maximum absolute atomic E-state index is 12.6. The van der Waals surface area contributed by atoms with E-state index in [1.165, 1.54) is 0 Å². The molecule has 31 heavy (non-hydrogen) atoms. The average molecular weight is 529 g/mol. The molecule has 2 aromatic rings. The predicted octanol–water partition coefficient (Wildman–Crippen LogP) is 4.30. The van der Waals surface area contributed by atoms with E-state index in [1.54, 1.807) is 36.4 Å². The van der Waals surface area contributed by atoms with E-state index in [1.807, 2.05) is 6.92 Å². The van der Waals surface area contributed by atoms with E-state index < -0.39 is 11.8 Å². The van der Waals surface area contributed by atoms with Crippen LogP contribution in [-0.4, -0.2) is 30.1 Å². The number of hydrogen-bond donors (Lipinski definition) is 3. The Hall–Kier alpha value is -2.36. The molecule has 0 spiro atoms. The molecule has 0 radical (unpaired) electrons. The highest BCUT2D eigenvalue weighted by atomic mass is 79.9. The second kappa shape index (κ2) is 12.5. The van der Waals surface area contributed by atoms with E-state index in [2.05, 4.69) is 39.0 Å². The molecule has 0 saturated heterocycles. The first-order valence-corrected chi connectivity index (χ1v) is 11.1. The molecule has 0 saturated carbocycles. The summed E-state index contributed by atoms with van der Waals surface area (Å²) in [6, 6.07) is 10.2. The third kappa shape index (κ3) is 8.35. The number of halogens is 2. The molecule has 0 fully saturated rings. The van der Waals surface area contributed by atoms with Crippen LogP contribution in [0, 0.1) is 6.92 Å². The highest BCUT2D eigenvalue weighted by Gasteiger charge is 2.15. The van der Waals surface area contributed by atoms with E-state index in [-0.39, 0.29) is 11.7 Å². The van der Waals surface area contributed by atoms with Gasteiger partial charge in [0.15, 0.2) is 11.7 Å². The summed E-state index contributed by atoms with van der Waals surface area (Å²) in [5, 5.41) is 3.05. The van der Waals surface area contributed by atoms with Crippen LogP contribution in [0.2, 0.25) is 5.02 Å². The van der Waals surface area contributed by atoms with Crippen molar-refractivity contribution in [1.82, 2.24) is 16.2 Å². The van der Waals surface area contributed by atoms with Gasteiger partial charge in [-0.25, -0.2) is 0 Å². The van der Waals surface area contributed by atoms with Crippen LogP contribution in [0.15, 0.2) is 40.9 Å². The van der Waals surface area contributed by atoms with Gasteiger partial charge < -0.3 is 9.47 Å². The summed E-state index contributed by atoms with van der Waals surface area (Å²) in [5.41, 5.74) is 6.00. The molecule has 0 bridgehead atoms. The van der Waals surface area contributed by atoms with Gasteiger partial charge in [0.25, 0.3) is 11.8 Å². The summed E-state index contributed by atoms with van der Waals surface area (Å²) in [4.78, 5) is 24.5. The van der Waals surface area contributed by atoms with Crippen molar-refractivity contribution in [3.8, 4) is 11.5 Å². The van der Waals surface area contributed by atoms with E-state index in [9.17, 15) is 9.59 Å². The number of benzene rings is 2. The molecular formula is C21H23BrClN3O4S. The predicted molar refractivity (Wildman–Crippen MR) is 128 cm³/mol. The summed E-state index contributed by atoms with van der Waals surface area (Å²) in [7, 11) is 0. The van der Waals surface area contributed by atoms with Crippen molar-refractivity contribution in [3.05, 3.63) is 57.0 Å². The summed E-state index contributed by atoms with van der Waals surface area (Å²) in [6.07, 6.45) is 1.86. The number of carbonyl (C=O) groups excluding carboxylic acids is 2. The van der Waals surface area contributed by atoms with Gasteiger partial charge in [-0.1, -0.05) is 40.9 Å². The van der Waals surface area contributed by atoms with E-state index >= 15 is 0 Å². The fourth-order valence-electron chi connectivity index (χ4n) is 2.35. The van der Waals surface area contributed by atoms with E-state index in [4.69, 9.17) is 33.3 Å². The van der Waals surface area contributed by atoms with Crippen LogP contribution in [0.4, 0.5) is 0 Å². The molecule has 7 nitrogen and oxygen atoms in total. The van der Waals surface area contributed by atoms with Crippen LogP contribution < -0.4 is 25.6 Å². The van der Waals surface area contributed by atoms with Gasteiger partial charge in [0.05, 0.1) is 12.2 Å². The largest absolute Gasteiger partial charge is 0.493 e. The Balaban J connectivity index is 1.83. The summed E-state index contributed by atoms with van der Waals surface area (Å²) < 4.78 is 11.8. The summed E-state index contributed by atoms with van der Waals surface area (Å²) >= 11 is 14.4. The van der Waals surface area contributed by atoms with Crippen molar-refractivity contribution in [2.45, 2.75) is 26.7 Å². The Morgan fingerprint density at radius 3 is 2.61 bits per heavy atom. The van der Waals surface area contributed by atoms with Gasteiger partial charge >= 0.3 is 0 Å². The first-order valence-electron chi connectivity index (χ1n) is 9.51. The number of aryl methyl sites for hydroxylation is 1. The lowest BCUT2D eigenvalue weighted by Crippen LogP contribution is -2.49. The number of carbonyl (C=O) groups is 2. The number of ether oxygens (including phenoxy) is 2. The Kier molecular flexibility index (Phi) is 10.0. The number of rotatable bonds is 8. The number of nitrogens with one attached hydrogen (secondary N) is 3. The molecule has 3 N–H and O–H groups in total. The molecule has 2 aromatic carbocycles. The number of thiocarbonyl (C=S) groups is 1. The minimum absolute atomic E-state index is 0.0693. The van der Waals surface area contributed by atoms with Gasteiger partial charge in [-0.3, -0.25) is 25.8 Å². The highest BCUT2D eigenvalue weighted by molar-refractivity contribution is 9.10. The second-order valence-electron chi connectivity index (χ2n) is 6.50. The Morgan fingerprint density at radius 1 is 1.13 bits per heavy atom. The maximum atomic E-state index is 12.6. The van der Waals surface area contributed by atoms with Gasteiger partial charge in [-0.2, -0.15) is 0 Å². The summed E-state index contributed by atoms with van der Waals surface area (Å²) in [6.45, 7) is 4.15. The van der Waals surface area contributed by atoms with Crippen molar-refractivity contribution in [3.63, 3.8) is 0 Å².